The standard InChI is InChI=1S/C9H16S/c1-4-9(5-7(9)2)6-8(3)10/h7H,4-6H2,1-3H3. The van der Waals surface area contributed by atoms with Gasteiger partial charge in [0.15, 0.2) is 0 Å². The van der Waals surface area contributed by atoms with Crippen LogP contribution < -0.4 is 0 Å². The third-order valence-corrected chi connectivity index (χ3v) is 3.05. The molecule has 0 saturated heterocycles. The van der Waals surface area contributed by atoms with Crippen LogP contribution in [-0.2, 0) is 0 Å². The van der Waals surface area contributed by atoms with Crippen LogP contribution >= 0.6 is 12.2 Å². The van der Waals surface area contributed by atoms with Crippen molar-refractivity contribution >= 4 is 17.1 Å². The molecule has 58 valence electrons. The van der Waals surface area contributed by atoms with Gasteiger partial charge in [-0.25, -0.2) is 0 Å². The Morgan fingerprint density at radius 1 is 1.70 bits per heavy atom. The van der Waals surface area contributed by atoms with Crippen LogP contribution in [0.25, 0.3) is 0 Å². The number of thiocarbonyl (C=S) groups is 1. The molecular weight excluding hydrogens is 140 g/mol. The van der Waals surface area contributed by atoms with Gasteiger partial charge in [0.1, 0.15) is 0 Å². The Kier molecular flexibility index (Phi) is 2.14. The summed E-state index contributed by atoms with van der Waals surface area (Å²) in [6.45, 7) is 6.68. The second-order valence-corrected chi connectivity index (χ2v) is 4.40. The highest BCUT2D eigenvalue weighted by Crippen LogP contribution is 2.57. The molecule has 0 aromatic carbocycles. The Morgan fingerprint density at radius 2 is 2.20 bits per heavy atom. The van der Waals surface area contributed by atoms with E-state index in [4.69, 9.17) is 12.2 Å². The number of hydrogen-bond acceptors (Lipinski definition) is 1. The van der Waals surface area contributed by atoms with Crippen LogP contribution in [0.4, 0.5) is 0 Å². The van der Waals surface area contributed by atoms with Crippen molar-refractivity contribution in [1.29, 1.82) is 0 Å². The van der Waals surface area contributed by atoms with Crippen molar-refractivity contribution in [2.75, 3.05) is 0 Å². The van der Waals surface area contributed by atoms with Crippen molar-refractivity contribution < 1.29 is 0 Å². The molecule has 0 aromatic heterocycles. The van der Waals surface area contributed by atoms with E-state index in [1.165, 1.54) is 24.1 Å². The van der Waals surface area contributed by atoms with Gasteiger partial charge in [-0.2, -0.15) is 0 Å². The predicted molar refractivity (Wildman–Crippen MR) is 49.4 cm³/mol. The first-order valence-corrected chi connectivity index (χ1v) is 4.51. The highest BCUT2D eigenvalue weighted by Gasteiger charge is 2.48. The molecule has 1 saturated carbocycles. The Hall–Kier alpha value is 0.0900. The van der Waals surface area contributed by atoms with Gasteiger partial charge in [-0.15, -0.1) is 0 Å². The van der Waals surface area contributed by atoms with Gasteiger partial charge in [0.25, 0.3) is 0 Å². The maximum Gasteiger partial charge on any atom is -0.00969 e. The van der Waals surface area contributed by atoms with Gasteiger partial charge in [0, 0.05) is 0 Å². The molecule has 1 rings (SSSR count). The van der Waals surface area contributed by atoms with E-state index >= 15 is 0 Å². The van der Waals surface area contributed by atoms with E-state index in [-0.39, 0.29) is 0 Å². The molecule has 0 nitrogen and oxygen atoms in total. The Labute approximate surface area is 69.0 Å². The zero-order valence-corrected chi connectivity index (χ0v) is 7.92. The van der Waals surface area contributed by atoms with Gasteiger partial charge in [-0.05, 0) is 42.4 Å². The van der Waals surface area contributed by atoms with E-state index in [0.717, 1.165) is 5.92 Å². The van der Waals surface area contributed by atoms with Crippen LogP contribution in [-0.4, -0.2) is 4.86 Å². The van der Waals surface area contributed by atoms with Crippen LogP contribution in [0, 0.1) is 11.3 Å². The van der Waals surface area contributed by atoms with Gasteiger partial charge in [-0.1, -0.05) is 26.1 Å². The summed E-state index contributed by atoms with van der Waals surface area (Å²) in [6.07, 6.45) is 3.89. The van der Waals surface area contributed by atoms with Crippen molar-refractivity contribution in [1.82, 2.24) is 0 Å². The fourth-order valence-corrected chi connectivity index (χ4v) is 2.20. The number of rotatable bonds is 3. The smallest absolute Gasteiger partial charge is 0.00969 e. The molecule has 0 N–H and O–H groups in total. The predicted octanol–water partition coefficient (Wildman–Crippen LogP) is 3.20. The molecule has 0 spiro atoms. The Balaban J connectivity index is 2.45. The second kappa shape index (κ2) is 2.61. The van der Waals surface area contributed by atoms with Crippen molar-refractivity contribution in [3.05, 3.63) is 0 Å². The van der Waals surface area contributed by atoms with Gasteiger partial charge in [0.05, 0.1) is 0 Å². The van der Waals surface area contributed by atoms with Crippen LogP contribution in [0.1, 0.15) is 40.0 Å². The molecule has 1 aliphatic carbocycles. The lowest BCUT2D eigenvalue weighted by Crippen LogP contribution is -2.05. The first kappa shape index (κ1) is 8.19. The van der Waals surface area contributed by atoms with Crippen LogP contribution in [0.15, 0.2) is 0 Å². The topological polar surface area (TPSA) is 0 Å². The monoisotopic (exact) mass is 156 g/mol. The average Bonchev–Trinajstić information content (AvgIpc) is 2.42. The summed E-state index contributed by atoms with van der Waals surface area (Å²) in [4.78, 5) is 1.19. The van der Waals surface area contributed by atoms with E-state index in [0.29, 0.717) is 5.41 Å². The normalized spacial score (nSPS) is 37.7. The number of hydrogen-bond donors (Lipinski definition) is 0. The zero-order valence-electron chi connectivity index (χ0n) is 7.11. The van der Waals surface area contributed by atoms with Gasteiger partial charge < -0.3 is 0 Å². The first-order chi connectivity index (χ1) is 4.60. The molecule has 0 radical (unpaired) electrons. The van der Waals surface area contributed by atoms with E-state index in [1.54, 1.807) is 0 Å². The van der Waals surface area contributed by atoms with Crippen LogP contribution in [0.2, 0.25) is 0 Å². The fourth-order valence-electron chi connectivity index (χ4n) is 1.91. The summed E-state index contributed by atoms with van der Waals surface area (Å²) >= 11 is 5.10. The lowest BCUT2D eigenvalue weighted by Gasteiger charge is -2.11. The van der Waals surface area contributed by atoms with Crippen LogP contribution in [0.5, 0.6) is 0 Å². The third-order valence-electron chi connectivity index (χ3n) is 2.90. The summed E-state index contributed by atoms with van der Waals surface area (Å²) in [6, 6.07) is 0. The molecule has 0 bridgehead atoms. The van der Waals surface area contributed by atoms with Gasteiger partial charge >= 0.3 is 0 Å². The van der Waals surface area contributed by atoms with Gasteiger partial charge in [0.2, 0.25) is 0 Å². The van der Waals surface area contributed by atoms with E-state index in [1.807, 2.05) is 0 Å². The molecular formula is C9H16S. The molecule has 0 amide bonds. The summed E-state index contributed by atoms with van der Waals surface area (Å²) < 4.78 is 0. The molecule has 1 aliphatic rings. The largest absolute Gasteiger partial charge is 0.0900 e. The maximum absolute atomic E-state index is 5.10. The quantitative estimate of drug-likeness (QED) is 0.565. The maximum atomic E-state index is 5.10. The van der Waals surface area contributed by atoms with E-state index < -0.39 is 0 Å². The first-order valence-electron chi connectivity index (χ1n) is 4.10. The SMILES string of the molecule is CCC1(CC(C)=S)CC1C. The van der Waals surface area contributed by atoms with Gasteiger partial charge in [-0.3, -0.25) is 0 Å². The van der Waals surface area contributed by atoms with E-state index in [2.05, 4.69) is 20.8 Å². The molecule has 10 heavy (non-hydrogen) atoms. The minimum Gasteiger partial charge on any atom is -0.0900 e. The minimum atomic E-state index is 0.631. The van der Waals surface area contributed by atoms with Crippen molar-refractivity contribution in [2.24, 2.45) is 11.3 Å². The summed E-state index contributed by atoms with van der Waals surface area (Å²) in [7, 11) is 0. The Bertz CT molecular complexity index is 147. The summed E-state index contributed by atoms with van der Waals surface area (Å²) in [5, 5.41) is 0. The van der Waals surface area contributed by atoms with Crippen LogP contribution in [0.3, 0.4) is 0 Å². The average molecular weight is 156 g/mol. The molecule has 2 atom stereocenters. The van der Waals surface area contributed by atoms with Crippen molar-refractivity contribution in [3.8, 4) is 0 Å². The molecule has 1 heteroatoms. The molecule has 0 aromatic rings. The fraction of sp³-hybridized carbons (Fsp3) is 0.889. The highest BCUT2D eigenvalue weighted by molar-refractivity contribution is 7.80. The second-order valence-electron chi connectivity index (χ2n) is 3.70. The molecule has 2 unspecified atom stereocenters. The zero-order chi connectivity index (χ0) is 7.78. The molecule has 1 fully saturated rings. The lowest BCUT2D eigenvalue weighted by molar-refractivity contribution is 0.470. The minimum absolute atomic E-state index is 0.631. The van der Waals surface area contributed by atoms with Crippen molar-refractivity contribution in [2.45, 2.75) is 40.0 Å². The molecule has 0 aliphatic heterocycles. The highest BCUT2D eigenvalue weighted by atomic mass is 32.1. The van der Waals surface area contributed by atoms with E-state index in [9.17, 15) is 0 Å². The van der Waals surface area contributed by atoms with Crippen molar-refractivity contribution in [3.63, 3.8) is 0 Å². The third kappa shape index (κ3) is 1.39. The summed E-state index contributed by atoms with van der Waals surface area (Å²) in [5.41, 5.74) is 0.631. The molecule has 0 heterocycles. The lowest BCUT2D eigenvalue weighted by atomic mass is 9.95. The summed E-state index contributed by atoms with van der Waals surface area (Å²) in [5.74, 6) is 0.926. The Morgan fingerprint density at radius 3 is 2.30 bits per heavy atom.